The third-order valence-corrected chi connectivity index (χ3v) is 2.40. The summed E-state index contributed by atoms with van der Waals surface area (Å²) in [5.41, 5.74) is -0.593. The summed E-state index contributed by atoms with van der Waals surface area (Å²) in [4.78, 5) is 10.0. The Morgan fingerprint density at radius 2 is 2.05 bits per heavy atom. The van der Waals surface area contributed by atoms with E-state index in [1.165, 1.54) is 24.4 Å². The van der Waals surface area contributed by atoms with Crippen LogP contribution in [0.15, 0.2) is 36.5 Å². The molecule has 0 aliphatic rings. The highest BCUT2D eigenvalue weighted by atomic mass is 19.4. The number of hydrogen-bond acceptors (Lipinski definition) is 3. The molecule has 5 nitrogen and oxygen atoms in total. The topological polar surface area (TPSA) is 61.0 Å². The first-order valence-corrected chi connectivity index (χ1v) is 5.20. The average Bonchev–Trinajstić information content (AvgIpc) is 2.77. The monoisotopic (exact) mass is 271 g/mol. The minimum Gasteiger partial charge on any atom is -0.268 e. The van der Waals surface area contributed by atoms with E-state index in [2.05, 4.69) is 5.10 Å². The van der Waals surface area contributed by atoms with Crippen molar-refractivity contribution < 1.29 is 18.1 Å². The zero-order chi connectivity index (χ0) is 14.0. The van der Waals surface area contributed by atoms with Crippen molar-refractivity contribution in [2.75, 3.05) is 0 Å². The van der Waals surface area contributed by atoms with Gasteiger partial charge in [0.05, 0.1) is 11.5 Å². The zero-order valence-corrected chi connectivity index (χ0v) is 9.46. The van der Waals surface area contributed by atoms with E-state index >= 15 is 0 Å². The summed E-state index contributed by atoms with van der Waals surface area (Å²) in [6.07, 6.45) is -3.31. The maximum Gasteiger partial charge on any atom is 0.435 e. The molecule has 0 saturated heterocycles. The van der Waals surface area contributed by atoms with Crippen LogP contribution >= 0.6 is 0 Å². The molecule has 8 heteroatoms. The van der Waals surface area contributed by atoms with Crippen LogP contribution in [0.25, 0.3) is 0 Å². The first-order chi connectivity index (χ1) is 8.86. The molecule has 0 unspecified atom stereocenters. The van der Waals surface area contributed by atoms with Gasteiger partial charge in [0.1, 0.15) is 0 Å². The van der Waals surface area contributed by atoms with Crippen LogP contribution in [-0.2, 0) is 12.7 Å². The van der Waals surface area contributed by atoms with Gasteiger partial charge >= 0.3 is 6.18 Å². The molecule has 1 aromatic carbocycles. The van der Waals surface area contributed by atoms with Crippen LogP contribution in [0.2, 0.25) is 0 Å². The van der Waals surface area contributed by atoms with Crippen LogP contribution in [0.5, 0.6) is 0 Å². The van der Waals surface area contributed by atoms with Crippen LogP contribution < -0.4 is 0 Å². The number of halogens is 3. The molecule has 19 heavy (non-hydrogen) atoms. The van der Waals surface area contributed by atoms with Gasteiger partial charge in [0.2, 0.25) is 0 Å². The lowest BCUT2D eigenvalue weighted by molar-refractivity contribution is -0.384. The lowest BCUT2D eigenvalue weighted by atomic mass is 10.2. The Balaban J connectivity index is 2.19. The fourth-order valence-corrected chi connectivity index (χ4v) is 1.56. The molecular weight excluding hydrogens is 263 g/mol. The molecule has 0 N–H and O–H groups in total. The van der Waals surface area contributed by atoms with Crippen LogP contribution in [0, 0.1) is 10.1 Å². The molecule has 0 atom stereocenters. The largest absolute Gasteiger partial charge is 0.435 e. The standard InChI is InChI=1S/C11H8F3N3O2/c12-11(13,14)10-4-5-16(15-10)7-8-2-1-3-9(6-8)17(18)19/h1-6H,7H2. The molecule has 0 aliphatic heterocycles. The maximum atomic E-state index is 12.3. The van der Waals surface area contributed by atoms with Gasteiger partial charge in [0, 0.05) is 18.3 Å². The number of rotatable bonds is 3. The maximum absolute atomic E-state index is 12.3. The Morgan fingerprint density at radius 1 is 1.32 bits per heavy atom. The molecule has 0 fully saturated rings. The highest BCUT2D eigenvalue weighted by molar-refractivity contribution is 5.34. The van der Waals surface area contributed by atoms with Crippen molar-refractivity contribution in [2.45, 2.75) is 12.7 Å². The molecule has 2 aromatic rings. The highest BCUT2D eigenvalue weighted by Gasteiger charge is 2.33. The molecule has 100 valence electrons. The first-order valence-electron chi connectivity index (χ1n) is 5.20. The Kier molecular flexibility index (Phi) is 3.24. The Labute approximate surface area is 105 Å². The second kappa shape index (κ2) is 4.71. The molecule has 0 spiro atoms. The number of hydrogen-bond donors (Lipinski definition) is 0. The number of nitrogens with zero attached hydrogens (tertiary/aromatic N) is 3. The van der Waals surface area contributed by atoms with E-state index in [-0.39, 0.29) is 12.2 Å². The quantitative estimate of drug-likeness (QED) is 0.637. The number of non-ortho nitro benzene ring substituents is 1. The lowest BCUT2D eigenvalue weighted by Crippen LogP contribution is -2.08. The summed E-state index contributed by atoms with van der Waals surface area (Å²) in [5.74, 6) is 0. The van der Waals surface area contributed by atoms with Gasteiger partial charge in [0.25, 0.3) is 5.69 Å². The van der Waals surface area contributed by atoms with Gasteiger partial charge in [-0.1, -0.05) is 12.1 Å². The van der Waals surface area contributed by atoms with E-state index in [0.29, 0.717) is 5.56 Å². The van der Waals surface area contributed by atoms with Gasteiger partial charge in [-0.25, -0.2) is 0 Å². The summed E-state index contributed by atoms with van der Waals surface area (Å²) in [6.45, 7) is 0.0394. The van der Waals surface area contributed by atoms with Gasteiger partial charge in [-0.05, 0) is 11.6 Å². The Bertz CT molecular complexity index is 607. The third-order valence-electron chi connectivity index (χ3n) is 2.40. The third kappa shape index (κ3) is 3.09. The minimum absolute atomic E-state index is 0.0394. The highest BCUT2D eigenvalue weighted by Crippen LogP contribution is 2.27. The van der Waals surface area contributed by atoms with Crippen molar-refractivity contribution in [3.8, 4) is 0 Å². The summed E-state index contributed by atoms with van der Waals surface area (Å²) >= 11 is 0. The molecule has 0 amide bonds. The molecule has 0 saturated carbocycles. The average molecular weight is 271 g/mol. The number of nitro benzene ring substituents is 1. The normalized spacial score (nSPS) is 11.5. The van der Waals surface area contributed by atoms with Crippen molar-refractivity contribution in [2.24, 2.45) is 0 Å². The number of alkyl halides is 3. The molecule has 0 bridgehead atoms. The molecule has 1 aromatic heterocycles. The molecule has 0 aliphatic carbocycles. The van der Waals surface area contributed by atoms with Crippen LogP contribution in [0.4, 0.5) is 18.9 Å². The Hall–Kier alpha value is -2.38. The van der Waals surface area contributed by atoms with Crippen molar-refractivity contribution >= 4 is 5.69 Å². The second-order valence-electron chi connectivity index (χ2n) is 3.82. The van der Waals surface area contributed by atoms with Crippen LogP contribution in [-0.4, -0.2) is 14.7 Å². The SMILES string of the molecule is O=[N+]([O-])c1cccc(Cn2ccc(C(F)(F)F)n2)c1. The molecular formula is C11H8F3N3O2. The fourth-order valence-electron chi connectivity index (χ4n) is 1.56. The first kappa shape index (κ1) is 13.1. The van der Waals surface area contributed by atoms with E-state index in [1.807, 2.05) is 0 Å². The Morgan fingerprint density at radius 3 is 2.63 bits per heavy atom. The van der Waals surface area contributed by atoms with Gasteiger partial charge in [-0.2, -0.15) is 18.3 Å². The predicted octanol–water partition coefficient (Wildman–Crippen LogP) is 2.86. The van der Waals surface area contributed by atoms with Crippen molar-refractivity contribution in [3.63, 3.8) is 0 Å². The van der Waals surface area contributed by atoms with Gasteiger partial charge in [-0.15, -0.1) is 0 Å². The minimum atomic E-state index is -4.49. The van der Waals surface area contributed by atoms with Gasteiger partial charge in [-0.3, -0.25) is 14.8 Å². The van der Waals surface area contributed by atoms with E-state index in [9.17, 15) is 23.3 Å². The van der Waals surface area contributed by atoms with Crippen molar-refractivity contribution in [3.05, 3.63) is 57.9 Å². The summed E-state index contributed by atoms with van der Waals surface area (Å²) in [7, 11) is 0. The summed E-state index contributed by atoms with van der Waals surface area (Å²) in [6, 6.07) is 6.53. The van der Waals surface area contributed by atoms with E-state index in [1.54, 1.807) is 6.07 Å². The number of benzene rings is 1. The van der Waals surface area contributed by atoms with Crippen LogP contribution in [0.1, 0.15) is 11.3 Å². The summed E-state index contributed by atoms with van der Waals surface area (Å²) in [5, 5.41) is 13.9. The fraction of sp³-hybridized carbons (Fsp3) is 0.182. The van der Waals surface area contributed by atoms with Gasteiger partial charge in [0.15, 0.2) is 5.69 Å². The predicted molar refractivity (Wildman–Crippen MR) is 59.4 cm³/mol. The van der Waals surface area contributed by atoms with Crippen molar-refractivity contribution in [1.29, 1.82) is 0 Å². The number of nitro groups is 1. The van der Waals surface area contributed by atoms with E-state index in [4.69, 9.17) is 0 Å². The molecule has 2 rings (SSSR count). The van der Waals surface area contributed by atoms with Crippen LogP contribution in [0.3, 0.4) is 0 Å². The molecule has 1 heterocycles. The van der Waals surface area contributed by atoms with E-state index < -0.39 is 16.8 Å². The van der Waals surface area contributed by atoms with E-state index in [0.717, 1.165) is 10.7 Å². The lowest BCUT2D eigenvalue weighted by Gasteiger charge is -2.03. The number of aromatic nitrogens is 2. The zero-order valence-electron chi connectivity index (χ0n) is 9.46. The summed E-state index contributed by atoms with van der Waals surface area (Å²) < 4.78 is 38.1. The van der Waals surface area contributed by atoms with Crippen molar-refractivity contribution in [1.82, 2.24) is 9.78 Å². The smallest absolute Gasteiger partial charge is 0.268 e. The molecule has 0 radical (unpaired) electrons. The van der Waals surface area contributed by atoms with Gasteiger partial charge < -0.3 is 0 Å². The second-order valence-corrected chi connectivity index (χ2v) is 3.82.